The maximum absolute atomic E-state index is 13.9. The van der Waals surface area contributed by atoms with Crippen LogP contribution in [0.5, 0.6) is 5.75 Å². The quantitative estimate of drug-likeness (QED) is 0.0459. The van der Waals surface area contributed by atoms with Crippen LogP contribution in [0.1, 0.15) is 57.4 Å². The molecule has 0 fully saturated rings. The fourth-order valence-corrected chi connectivity index (χ4v) is 7.12. The van der Waals surface area contributed by atoms with E-state index in [-0.39, 0.29) is 47.0 Å². The summed E-state index contributed by atoms with van der Waals surface area (Å²) in [5, 5.41) is 1.63. The van der Waals surface area contributed by atoms with Crippen molar-refractivity contribution in [2.75, 3.05) is 6.54 Å². The molecule has 0 saturated carbocycles. The number of nitrogens with zero attached hydrogens (tertiary/aromatic N) is 2. The summed E-state index contributed by atoms with van der Waals surface area (Å²) in [5.41, 5.74) is 1.43. The van der Waals surface area contributed by atoms with E-state index in [1.165, 1.54) is 42.5 Å². The minimum absolute atomic E-state index is 0.0129. The SMILES string of the molecule is Cc1ccc(C(=O)Oc2ccc(C(=O)CN(C(=O)c3ccc(Cl)c(Cl)c3)N3C(=O)c4c(Br)c(Br)c(Br)c(Br)c4C3=O)cc2)cc1. The first-order chi connectivity index (χ1) is 21.3. The van der Waals surface area contributed by atoms with Gasteiger partial charge in [0.2, 0.25) is 0 Å². The molecular formula is C31H16Br4Cl2N2O6. The molecular weight excluding hydrogens is 887 g/mol. The van der Waals surface area contributed by atoms with E-state index in [9.17, 15) is 24.0 Å². The Labute approximate surface area is 300 Å². The van der Waals surface area contributed by atoms with Crippen molar-refractivity contribution in [3.05, 3.63) is 128 Å². The number of aryl methyl sites for hydroxylation is 1. The van der Waals surface area contributed by atoms with Gasteiger partial charge in [0.25, 0.3) is 17.7 Å². The minimum Gasteiger partial charge on any atom is -0.423 e. The molecule has 0 radical (unpaired) electrons. The van der Waals surface area contributed by atoms with Crippen molar-refractivity contribution in [2.45, 2.75) is 6.92 Å². The van der Waals surface area contributed by atoms with E-state index in [1.807, 2.05) is 6.92 Å². The Morgan fingerprint density at radius 3 is 1.76 bits per heavy atom. The van der Waals surface area contributed by atoms with E-state index in [4.69, 9.17) is 27.9 Å². The molecule has 0 spiro atoms. The maximum Gasteiger partial charge on any atom is 0.343 e. The van der Waals surface area contributed by atoms with Crippen molar-refractivity contribution in [3.8, 4) is 5.75 Å². The number of Topliss-reactive ketones (excluding diaryl/α,β-unsaturated/α-hetero) is 1. The van der Waals surface area contributed by atoms with Gasteiger partial charge in [0.05, 0.1) is 26.7 Å². The number of hydrogen-bond donors (Lipinski definition) is 0. The lowest BCUT2D eigenvalue weighted by atomic mass is 10.1. The third-order valence-electron chi connectivity index (χ3n) is 6.69. The molecule has 1 heterocycles. The summed E-state index contributed by atoms with van der Waals surface area (Å²) in [6.07, 6.45) is 0. The summed E-state index contributed by atoms with van der Waals surface area (Å²) in [4.78, 5) is 67.4. The van der Waals surface area contributed by atoms with Gasteiger partial charge in [-0.05, 0) is 125 Å². The summed E-state index contributed by atoms with van der Waals surface area (Å²) in [6, 6.07) is 16.5. The zero-order valence-electron chi connectivity index (χ0n) is 22.7. The molecule has 0 aliphatic carbocycles. The number of halogens is 6. The lowest BCUT2D eigenvalue weighted by Gasteiger charge is -2.29. The third-order valence-corrected chi connectivity index (χ3v) is 12.2. The van der Waals surface area contributed by atoms with Gasteiger partial charge in [0.15, 0.2) is 5.78 Å². The Morgan fingerprint density at radius 2 is 1.22 bits per heavy atom. The number of rotatable bonds is 7. The van der Waals surface area contributed by atoms with Gasteiger partial charge in [-0.15, -0.1) is 0 Å². The van der Waals surface area contributed by atoms with Crippen LogP contribution in [0.15, 0.2) is 84.6 Å². The number of ketones is 1. The number of benzene rings is 4. The molecule has 228 valence electrons. The number of imide groups is 1. The van der Waals surface area contributed by atoms with Crippen molar-refractivity contribution in [3.63, 3.8) is 0 Å². The lowest BCUT2D eigenvalue weighted by Crippen LogP contribution is -2.51. The first-order valence-corrected chi connectivity index (χ1v) is 16.7. The number of carbonyl (C=O) groups excluding carboxylic acids is 5. The molecule has 45 heavy (non-hydrogen) atoms. The normalized spacial score (nSPS) is 12.3. The van der Waals surface area contributed by atoms with Crippen LogP contribution in [0.4, 0.5) is 0 Å². The highest BCUT2D eigenvalue weighted by atomic mass is 79.9. The molecule has 5 rings (SSSR count). The van der Waals surface area contributed by atoms with Gasteiger partial charge in [-0.1, -0.05) is 40.9 Å². The van der Waals surface area contributed by atoms with Crippen LogP contribution in [-0.4, -0.2) is 46.0 Å². The standard InChI is InChI=1S/C31H16Br4Cl2N2O6/c1-14-2-4-16(5-3-14)31(44)45-18-9-6-15(7-10-18)21(40)13-38(28(41)17-8-11-19(36)20(37)12-17)39-29(42)22-23(30(39)43)25(33)27(35)26(34)24(22)32/h2-12H,13H2,1H3. The molecule has 0 atom stereocenters. The zero-order chi connectivity index (χ0) is 32.7. The largest absolute Gasteiger partial charge is 0.423 e. The van der Waals surface area contributed by atoms with Crippen LogP contribution in [0, 0.1) is 6.92 Å². The molecule has 0 unspecified atom stereocenters. The van der Waals surface area contributed by atoms with Crippen LogP contribution in [0.2, 0.25) is 10.0 Å². The van der Waals surface area contributed by atoms with Crippen LogP contribution in [0.25, 0.3) is 0 Å². The van der Waals surface area contributed by atoms with Gasteiger partial charge in [-0.3, -0.25) is 19.2 Å². The van der Waals surface area contributed by atoms with Gasteiger partial charge in [-0.2, -0.15) is 5.01 Å². The topological polar surface area (TPSA) is 101 Å². The average molecular weight is 903 g/mol. The van der Waals surface area contributed by atoms with Crippen molar-refractivity contribution >= 4 is 116 Å². The van der Waals surface area contributed by atoms with Crippen molar-refractivity contribution in [1.82, 2.24) is 10.0 Å². The number of esters is 1. The Morgan fingerprint density at radius 1 is 0.711 bits per heavy atom. The van der Waals surface area contributed by atoms with Crippen LogP contribution in [0.3, 0.4) is 0 Å². The molecule has 4 aromatic carbocycles. The molecule has 4 aromatic rings. The summed E-state index contributed by atoms with van der Waals surface area (Å²) in [6.45, 7) is 1.19. The zero-order valence-corrected chi connectivity index (χ0v) is 30.5. The summed E-state index contributed by atoms with van der Waals surface area (Å²) in [7, 11) is 0. The Bertz CT molecular complexity index is 1890. The number of fused-ring (bicyclic) bond motifs is 1. The van der Waals surface area contributed by atoms with E-state index >= 15 is 0 Å². The van der Waals surface area contributed by atoms with Crippen molar-refractivity contribution < 1.29 is 28.7 Å². The van der Waals surface area contributed by atoms with Crippen molar-refractivity contribution in [2.24, 2.45) is 0 Å². The Hall–Kier alpha value is -2.87. The molecule has 3 amide bonds. The van der Waals surface area contributed by atoms with Gasteiger partial charge in [0, 0.05) is 29.0 Å². The molecule has 0 aromatic heterocycles. The number of hydrogen-bond acceptors (Lipinski definition) is 6. The third kappa shape index (κ3) is 6.54. The second kappa shape index (κ2) is 13.5. The summed E-state index contributed by atoms with van der Waals surface area (Å²) < 4.78 is 6.87. The minimum atomic E-state index is -0.856. The first kappa shape index (κ1) is 33.5. The van der Waals surface area contributed by atoms with E-state index in [0.717, 1.165) is 10.6 Å². The number of ether oxygens (including phenoxy) is 1. The second-order valence-electron chi connectivity index (χ2n) is 9.62. The average Bonchev–Trinajstić information content (AvgIpc) is 3.28. The molecule has 14 heteroatoms. The van der Waals surface area contributed by atoms with E-state index in [0.29, 0.717) is 19.5 Å². The van der Waals surface area contributed by atoms with Crippen molar-refractivity contribution in [1.29, 1.82) is 0 Å². The monoisotopic (exact) mass is 898 g/mol. The smallest absolute Gasteiger partial charge is 0.343 e. The highest BCUT2D eigenvalue weighted by molar-refractivity contribution is 9.15. The maximum atomic E-state index is 13.9. The molecule has 0 saturated heterocycles. The van der Waals surface area contributed by atoms with Crippen LogP contribution >= 0.6 is 86.9 Å². The van der Waals surface area contributed by atoms with E-state index < -0.39 is 36.0 Å². The number of carbonyl (C=O) groups is 5. The summed E-state index contributed by atoms with van der Waals surface area (Å²) >= 11 is 25.6. The van der Waals surface area contributed by atoms with E-state index in [2.05, 4.69) is 63.7 Å². The predicted molar refractivity (Wildman–Crippen MR) is 182 cm³/mol. The lowest BCUT2D eigenvalue weighted by molar-refractivity contribution is 0.00526. The highest BCUT2D eigenvalue weighted by Gasteiger charge is 2.46. The molecule has 1 aliphatic heterocycles. The van der Waals surface area contributed by atoms with Gasteiger partial charge < -0.3 is 4.74 Å². The van der Waals surface area contributed by atoms with Gasteiger partial charge in [-0.25, -0.2) is 9.80 Å². The first-order valence-electron chi connectivity index (χ1n) is 12.7. The molecule has 0 bridgehead atoms. The highest BCUT2D eigenvalue weighted by Crippen LogP contribution is 2.45. The van der Waals surface area contributed by atoms with Crippen LogP contribution in [-0.2, 0) is 0 Å². The number of hydrazine groups is 1. The summed E-state index contributed by atoms with van der Waals surface area (Å²) in [5.74, 6) is -3.53. The van der Waals surface area contributed by atoms with Gasteiger partial charge in [0.1, 0.15) is 12.3 Å². The van der Waals surface area contributed by atoms with Gasteiger partial charge >= 0.3 is 5.97 Å². The second-order valence-corrected chi connectivity index (χ2v) is 13.6. The Balaban J connectivity index is 1.46. The Kier molecular flexibility index (Phi) is 10.0. The molecule has 8 nitrogen and oxygen atoms in total. The van der Waals surface area contributed by atoms with Crippen LogP contribution < -0.4 is 4.74 Å². The predicted octanol–water partition coefficient (Wildman–Crippen LogP) is 9.11. The molecule has 0 N–H and O–H groups in total. The number of amides is 3. The fraction of sp³-hybridized carbons (Fsp3) is 0.0645. The van der Waals surface area contributed by atoms with E-state index in [1.54, 1.807) is 24.3 Å². The molecule has 1 aliphatic rings. The fourth-order valence-electron chi connectivity index (χ4n) is 4.36.